The summed E-state index contributed by atoms with van der Waals surface area (Å²) in [6.07, 6.45) is -3.28. The molecule has 0 spiro atoms. The lowest BCUT2D eigenvalue weighted by molar-refractivity contribution is -0.177. The van der Waals surface area contributed by atoms with Gasteiger partial charge in [-0.2, -0.15) is 0 Å². The van der Waals surface area contributed by atoms with Crippen LogP contribution in [-0.4, -0.2) is 63.2 Å². The van der Waals surface area contributed by atoms with Crippen molar-refractivity contribution >= 4 is 0 Å². The number of aliphatic hydroxyl groups is 1. The van der Waals surface area contributed by atoms with Crippen LogP contribution >= 0.6 is 0 Å². The van der Waals surface area contributed by atoms with E-state index < -0.39 is 30.7 Å². The second-order valence-corrected chi connectivity index (χ2v) is 3.80. The fourth-order valence-electron chi connectivity index (χ4n) is 1.97. The van der Waals surface area contributed by atoms with Crippen LogP contribution in [-0.2, 0) is 18.9 Å². The Morgan fingerprint density at radius 1 is 1.50 bits per heavy atom. The molecule has 0 amide bonds. The number of azide groups is 1. The van der Waals surface area contributed by atoms with Crippen molar-refractivity contribution in [3.05, 3.63) is 10.4 Å². The van der Waals surface area contributed by atoms with Gasteiger partial charge in [0.05, 0.1) is 12.6 Å². The Morgan fingerprint density at radius 2 is 2.22 bits per heavy atom. The Bertz CT molecular complexity index is 297. The minimum absolute atomic E-state index is 0.100. The molecule has 1 aliphatic heterocycles. The number of aliphatic hydroxyl groups excluding tert-OH is 1. The highest BCUT2D eigenvalue weighted by Gasteiger charge is 2.48. The fourth-order valence-corrected chi connectivity index (χ4v) is 1.97. The molecule has 1 fully saturated rings. The molecular weight excluding hydrogens is 242 g/mol. The predicted molar refractivity (Wildman–Crippen MR) is 61.9 cm³/mol. The number of hydrogen-bond donors (Lipinski definition) is 1. The molecule has 1 heterocycles. The third-order valence-corrected chi connectivity index (χ3v) is 2.83. The first-order chi connectivity index (χ1) is 8.69. The number of rotatable bonds is 7. The van der Waals surface area contributed by atoms with Crippen LogP contribution in [0.15, 0.2) is 5.11 Å². The van der Waals surface area contributed by atoms with Gasteiger partial charge in [-0.15, -0.1) is 0 Å². The van der Waals surface area contributed by atoms with Gasteiger partial charge in [0.25, 0.3) is 0 Å². The molecule has 0 aromatic rings. The van der Waals surface area contributed by atoms with E-state index >= 15 is 0 Å². The molecule has 104 valence electrons. The van der Waals surface area contributed by atoms with Crippen LogP contribution in [0.25, 0.3) is 10.4 Å². The summed E-state index contributed by atoms with van der Waals surface area (Å²) in [6, 6.07) is 0. The van der Waals surface area contributed by atoms with Crippen LogP contribution in [0.5, 0.6) is 0 Å². The third-order valence-electron chi connectivity index (χ3n) is 2.83. The number of ether oxygens (including phenoxy) is 4. The minimum Gasteiger partial charge on any atom is -0.385 e. The molecule has 18 heavy (non-hydrogen) atoms. The van der Waals surface area contributed by atoms with Crippen LogP contribution in [0.2, 0.25) is 0 Å². The zero-order valence-electron chi connectivity index (χ0n) is 10.7. The van der Waals surface area contributed by atoms with Crippen LogP contribution in [0.1, 0.15) is 6.92 Å². The number of nitrogens with zero attached hydrogens (tertiary/aromatic N) is 3. The smallest absolute Gasteiger partial charge is 0.186 e. The molecular formula is C10H19N3O5. The van der Waals surface area contributed by atoms with Crippen molar-refractivity contribution in [1.29, 1.82) is 0 Å². The highest BCUT2D eigenvalue weighted by molar-refractivity contribution is 4.93. The van der Waals surface area contributed by atoms with E-state index in [1.807, 2.05) is 0 Å². The van der Waals surface area contributed by atoms with Gasteiger partial charge in [-0.1, -0.05) is 5.11 Å². The minimum atomic E-state index is -0.899. The summed E-state index contributed by atoms with van der Waals surface area (Å²) in [5, 5.41) is 13.4. The van der Waals surface area contributed by atoms with E-state index in [1.54, 1.807) is 6.92 Å². The van der Waals surface area contributed by atoms with Crippen LogP contribution < -0.4 is 0 Å². The molecule has 1 aliphatic rings. The summed E-state index contributed by atoms with van der Waals surface area (Å²) in [6.45, 7) is 2.32. The van der Waals surface area contributed by atoms with E-state index in [1.165, 1.54) is 14.2 Å². The Hall–Kier alpha value is -0.890. The molecule has 0 aromatic heterocycles. The first kappa shape index (κ1) is 15.2. The van der Waals surface area contributed by atoms with Gasteiger partial charge in [0.2, 0.25) is 0 Å². The quantitative estimate of drug-likeness (QED) is 0.407. The fraction of sp³-hybridized carbons (Fsp3) is 1.00. The zero-order valence-corrected chi connectivity index (χ0v) is 10.7. The largest absolute Gasteiger partial charge is 0.385 e. The van der Waals surface area contributed by atoms with Gasteiger partial charge in [0.1, 0.15) is 18.3 Å². The molecule has 0 bridgehead atoms. The van der Waals surface area contributed by atoms with Crippen molar-refractivity contribution in [2.24, 2.45) is 5.11 Å². The van der Waals surface area contributed by atoms with Gasteiger partial charge < -0.3 is 24.1 Å². The first-order valence-corrected chi connectivity index (χ1v) is 5.71. The second-order valence-electron chi connectivity index (χ2n) is 3.80. The predicted octanol–water partition coefficient (Wildman–Crippen LogP) is 0.449. The van der Waals surface area contributed by atoms with Gasteiger partial charge in [0, 0.05) is 25.7 Å². The summed E-state index contributed by atoms with van der Waals surface area (Å²) >= 11 is 0. The van der Waals surface area contributed by atoms with Gasteiger partial charge in [-0.25, -0.2) is 0 Å². The number of hydrogen-bond acceptors (Lipinski definition) is 6. The molecule has 1 N–H and O–H groups in total. The molecule has 0 unspecified atom stereocenters. The highest BCUT2D eigenvalue weighted by Crippen LogP contribution is 2.27. The molecule has 8 nitrogen and oxygen atoms in total. The summed E-state index contributed by atoms with van der Waals surface area (Å²) in [5.74, 6) is 0. The van der Waals surface area contributed by atoms with Crippen molar-refractivity contribution < 1.29 is 24.1 Å². The van der Waals surface area contributed by atoms with Gasteiger partial charge in [-0.05, 0) is 12.5 Å². The molecule has 0 radical (unpaired) electrons. The summed E-state index contributed by atoms with van der Waals surface area (Å²) in [7, 11) is 2.95. The maximum Gasteiger partial charge on any atom is 0.186 e. The topological polar surface area (TPSA) is 106 Å². The van der Waals surface area contributed by atoms with Gasteiger partial charge >= 0.3 is 0 Å². The summed E-state index contributed by atoms with van der Waals surface area (Å²) < 4.78 is 21.2. The SMILES string of the molecule is CCO[C@@H]1O[C@H]([C@@H](CN=[N+]=[N-])OC)[C@H](OC)[C@H]1O. The van der Waals surface area contributed by atoms with Crippen LogP contribution in [0.4, 0.5) is 0 Å². The van der Waals surface area contributed by atoms with Crippen LogP contribution in [0.3, 0.4) is 0 Å². The van der Waals surface area contributed by atoms with E-state index in [0.717, 1.165) is 0 Å². The van der Waals surface area contributed by atoms with Crippen molar-refractivity contribution in [3.63, 3.8) is 0 Å². The second kappa shape index (κ2) is 7.52. The van der Waals surface area contributed by atoms with E-state index in [0.29, 0.717) is 6.61 Å². The number of methoxy groups -OCH3 is 2. The highest BCUT2D eigenvalue weighted by atomic mass is 16.7. The Balaban J connectivity index is 2.75. The standard InChI is InChI=1S/C10H19N3O5/c1-4-17-10-7(14)9(16-3)8(18-10)6(15-2)5-12-13-11/h6-10,14H,4-5H2,1-3H3/t6-,7-,8-,9-,10-/m1/s1. The van der Waals surface area contributed by atoms with Gasteiger partial charge in [0.15, 0.2) is 6.29 Å². The lowest BCUT2D eigenvalue weighted by atomic mass is 10.1. The maximum absolute atomic E-state index is 9.99. The Morgan fingerprint density at radius 3 is 2.72 bits per heavy atom. The lowest BCUT2D eigenvalue weighted by Crippen LogP contribution is -2.42. The van der Waals surface area contributed by atoms with Crippen molar-refractivity contribution in [3.8, 4) is 0 Å². The molecule has 8 heteroatoms. The normalized spacial score (nSPS) is 33.1. The van der Waals surface area contributed by atoms with E-state index in [9.17, 15) is 5.11 Å². The van der Waals surface area contributed by atoms with Crippen LogP contribution in [0, 0.1) is 0 Å². The average molecular weight is 261 g/mol. The molecule has 5 atom stereocenters. The van der Waals surface area contributed by atoms with E-state index in [-0.39, 0.29) is 6.54 Å². The monoisotopic (exact) mass is 261 g/mol. The van der Waals surface area contributed by atoms with Crippen molar-refractivity contribution in [2.75, 3.05) is 27.4 Å². The third kappa shape index (κ3) is 3.32. The molecule has 0 saturated carbocycles. The molecule has 1 rings (SSSR count). The average Bonchev–Trinajstić information content (AvgIpc) is 2.68. The maximum atomic E-state index is 9.99. The van der Waals surface area contributed by atoms with E-state index in [2.05, 4.69) is 10.0 Å². The lowest BCUT2D eigenvalue weighted by Gasteiger charge is -2.24. The van der Waals surface area contributed by atoms with Crippen molar-refractivity contribution in [2.45, 2.75) is 37.6 Å². The first-order valence-electron chi connectivity index (χ1n) is 5.71. The molecule has 1 saturated heterocycles. The molecule has 0 aromatic carbocycles. The summed E-state index contributed by atoms with van der Waals surface area (Å²) in [4.78, 5) is 2.67. The molecule has 0 aliphatic carbocycles. The zero-order chi connectivity index (χ0) is 13.5. The summed E-state index contributed by atoms with van der Waals surface area (Å²) in [5.41, 5.74) is 8.32. The van der Waals surface area contributed by atoms with Gasteiger partial charge in [-0.3, -0.25) is 0 Å². The van der Waals surface area contributed by atoms with E-state index in [4.69, 9.17) is 24.5 Å². The Kier molecular flexibility index (Phi) is 6.34. The van der Waals surface area contributed by atoms with Crippen molar-refractivity contribution in [1.82, 2.24) is 0 Å². The Labute approximate surface area is 105 Å².